The zero-order valence-corrected chi connectivity index (χ0v) is 13.0. The number of hydrogen-bond donors (Lipinski definition) is 0. The van der Waals surface area contributed by atoms with E-state index in [0.29, 0.717) is 12.3 Å². The molecule has 0 amide bonds. The molecule has 2 heterocycles. The molecule has 0 bridgehead atoms. The maximum absolute atomic E-state index is 11.8. The predicted octanol–water partition coefficient (Wildman–Crippen LogP) is 1.01. The van der Waals surface area contributed by atoms with E-state index < -0.39 is 15.2 Å². The molecule has 0 aliphatic carbocycles. The summed E-state index contributed by atoms with van der Waals surface area (Å²) < 4.78 is 24.4. The Bertz CT molecular complexity index is 509. The first-order valence-electron chi connectivity index (χ1n) is 4.99. The van der Waals surface area contributed by atoms with Gasteiger partial charge in [0.1, 0.15) is 17.5 Å². The fourth-order valence-electron chi connectivity index (χ4n) is 1.70. The molecular formula is C9H12IN3O2S2. The SMILES string of the molecule is CS(=O)(=O)C1CSCCN1c1ncncc1I. The first kappa shape index (κ1) is 13.3. The Morgan fingerprint density at radius 1 is 1.59 bits per heavy atom. The van der Waals surface area contributed by atoms with Gasteiger partial charge in [0.25, 0.3) is 0 Å². The van der Waals surface area contributed by atoms with Gasteiger partial charge in [0, 0.05) is 30.5 Å². The number of anilines is 1. The maximum atomic E-state index is 11.8. The predicted molar refractivity (Wildman–Crippen MR) is 78.1 cm³/mol. The van der Waals surface area contributed by atoms with Crippen LogP contribution in [0.2, 0.25) is 0 Å². The van der Waals surface area contributed by atoms with Gasteiger partial charge >= 0.3 is 0 Å². The second kappa shape index (κ2) is 5.27. The van der Waals surface area contributed by atoms with E-state index in [9.17, 15) is 8.42 Å². The minimum Gasteiger partial charge on any atom is -0.337 e. The van der Waals surface area contributed by atoms with E-state index in [-0.39, 0.29) is 0 Å². The molecule has 1 aromatic rings. The zero-order chi connectivity index (χ0) is 12.5. The van der Waals surface area contributed by atoms with Crippen LogP contribution in [0, 0.1) is 3.57 Å². The van der Waals surface area contributed by atoms with Gasteiger partial charge in [-0.05, 0) is 22.6 Å². The third-order valence-corrected chi connectivity index (χ3v) is 5.90. The lowest BCUT2D eigenvalue weighted by atomic mass is 10.4. The number of hydrogen-bond acceptors (Lipinski definition) is 6. The van der Waals surface area contributed by atoms with Crippen LogP contribution in [0.3, 0.4) is 0 Å². The quantitative estimate of drug-likeness (QED) is 0.709. The molecule has 0 saturated carbocycles. The van der Waals surface area contributed by atoms with Crippen molar-refractivity contribution >= 4 is 50.0 Å². The van der Waals surface area contributed by atoms with Crippen molar-refractivity contribution in [3.63, 3.8) is 0 Å². The fraction of sp³-hybridized carbons (Fsp3) is 0.556. The van der Waals surface area contributed by atoms with E-state index in [4.69, 9.17) is 0 Å². The van der Waals surface area contributed by atoms with Gasteiger partial charge in [0.15, 0.2) is 9.84 Å². The second-order valence-electron chi connectivity index (χ2n) is 3.75. The Hall–Kier alpha value is -0.0900. The molecular weight excluding hydrogens is 373 g/mol. The molecule has 0 N–H and O–H groups in total. The van der Waals surface area contributed by atoms with Gasteiger partial charge < -0.3 is 4.90 Å². The van der Waals surface area contributed by atoms with Crippen molar-refractivity contribution in [3.8, 4) is 0 Å². The second-order valence-corrected chi connectivity index (χ2v) is 8.26. The Balaban J connectivity index is 2.38. The van der Waals surface area contributed by atoms with Crippen molar-refractivity contribution in [2.45, 2.75) is 5.37 Å². The van der Waals surface area contributed by atoms with Gasteiger partial charge in [-0.15, -0.1) is 0 Å². The summed E-state index contributed by atoms with van der Waals surface area (Å²) in [4.78, 5) is 10.00. The first-order valence-corrected chi connectivity index (χ1v) is 9.17. The fourth-order valence-corrected chi connectivity index (χ4v) is 5.12. The number of rotatable bonds is 2. The van der Waals surface area contributed by atoms with Gasteiger partial charge in [-0.3, -0.25) is 0 Å². The van der Waals surface area contributed by atoms with Crippen molar-refractivity contribution in [3.05, 3.63) is 16.1 Å². The van der Waals surface area contributed by atoms with Gasteiger partial charge in [0.2, 0.25) is 0 Å². The smallest absolute Gasteiger partial charge is 0.169 e. The highest BCUT2D eigenvalue weighted by molar-refractivity contribution is 14.1. The summed E-state index contributed by atoms with van der Waals surface area (Å²) in [6.07, 6.45) is 4.44. The number of nitrogens with zero attached hydrogens (tertiary/aromatic N) is 3. The lowest BCUT2D eigenvalue weighted by Crippen LogP contribution is -2.47. The number of thioether (sulfide) groups is 1. The maximum Gasteiger partial charge on any atom is 0.169 e. The summed E-state index contributed by atoms with van der Waals surface area (Å²) >= 11 is 3.80. The van der Waals surface area contributed by atoms with Gasteiger partial charge in [-0.25, -0.2) is 18.4 Å². The highest BCUT2D eigenvalue weighted by Gasteiger charge is 2.32. The summed E-state index contributed by atoms with van der Waals surface area (Å²) in [5, 5.41) is -0.482. The number of sulfone groups is 1. The molecule has 17 heavy (non-hydrogen) atoms. The molecule has 1 saturated heterocycles. The standard InChI is InChI=1S/C9H12IN3O2S2/c1-17(14,15)8-5-16-3-2-13(8)9-7(10)4-11-6-12-9/h4,6,8H,2-3,5H2,1H3. The Morgan fingerprint density at radius 2 is 2.35 bits per heavy atom. The third-order valence-electron chi connectivity index (χ3n) is 2.50. The molecule has 8 heteroatoms. The molecule has 94 valence electrons. The van der Waals surface area contributed by atoms with E-state index in [1.54, 1.807) is 18.0 Å². The summed E-state index contributed by atoms with van der Waals surface area (Å²) in [7, 11) is -3.10. The van der Waals surface area contributed by atoms with Gasteiger partial charge in [-0.2, -0.15) is 11.8 Å². The average molecular weight is 385 g/mol. The van der Waals surface area contributed by atoms with Crippen molar-refractivity contribution in [2.24, 2.45) is 0 Å². The lowest BCUT2D eigenvalue weighted by molar-refractivity contribution is 0.583. The summed E-state index contributed by atoms with van der Waals surface area (Å²) in [5.74, 6) is 2.24. The lowest BCUT2D eigenvalue weighted by Gasteiger charge is -2.35. The van der Waals surface area contributed by atoms with Gasteiger partial charge in [0.05, 0.1) is 3.57 Å². The van der Waals surface area contributed by atoms with Crippen LogP contribution in [0.4, 0.5) is 5.82 Å². The van der Waals surface area contributed by atoms with E-state index in [1.807, 2.05) is 4.90 Å². The molecule has 1 fully saturated rings. The van der Waals surface area contributed by atoms with Crippen molar-refractivity contribution < 1.29 is 8.42 Å². The zero-order valence-electron chi connectivity index (χ0n) is 9.21. The van der Waals surface area contributed by atoms with Crippen LogP contribution in [0.25, 0.3) is 0 Å². The van der Waals surface area contributed by atoms with Crippen molar-refractivity contribution in [2.75, 3.05) is 29.2 Å². The summed E-state index contributed by atoms with van der Waals surface area (Å²) in [6, 6.07) is 0. The van der Waals surface area contributed by atoms with Crippen molar-refractivity contribution in [1.82, 2.24) is 9.97 Å². The first-order chi connectivity index (χ1) is 8.00. The van der Waals surface area contributed by atoms with Crippen molar-refractivity contribution in [1.29, 1.82) is 0 Å². The summed E-state index contributed by atoms with van der Waals surface area (Å²) in [6.45, 7) is 0.704. The molecule has 0 aromatic carbocycles. The molecule has 1 aliphatic rings. The van der Waals surface area contributed by atoms with Crippen LogP contribution >= 0.6 is 34.4 Å². The molecule has 1 atom stereocenters. The van der Waals surface area contributed by atoms with Crippen LogP contribution in [0.5, 0.6) is 0 Å². The minimum atomic E-state index is -3.10. The summed E-state index contributed by atoms with van der Waals surface area (Å²) in [5.41, 5.74) is 0. The number of aromatic nitrogens is 2. The monoisotopic (exact) mass is 385 g/mol. The van der Waals surface area contributed by atoms with E-state index in [0.717, 1.165) is 15.1 Å². The third kappa shape index (κ3) is 3.02. The van der Waals surface area contributed by atoms with Gasteiger partial charge in [-0.1, -0.05) is 0 Å². The van der Waals surface area contributed by atoms with Crippen LogP contribution in [-0.2, 0) is 9.84 Å². The Morgan fingerprint density at radius 3 is 3.00 bits per heavy atom. The number of halogens is 1. The van der Waals surface area contributed by atoms with Crippen LogP contribution < -0.4 is 4.90 Å². The highest BCUT2D eigenvalue weighted by atomic mass is 127. The molecule has 1 unspecified atom stereocenters. The molecule has 0 radical (unpaired) electrons. The molecule has 1 aromatic heterocycles. The van der Waals surface area contributed by atoms with E-state index in [1.165, 1.54) is 12.6 Å². The molecule has 1 aliphatic heterocycles. The van der Waals surface area contributed by atoms with E-state index in [2.05, 4.69) is 32.6 Å². The largest absolute Gasteiger partial charge is 0.337 e. The highest BCUT2D eigenvalue weighted by Crippen LogP contribution is 2.27. The average Bonchev–Trinajstić information content (AvgIpc) is 2.28. The van der Waals surface area contributed by atoms with Crippen LogP contribution in [-0.4, -0.2) is 48.1 Å². The Labute approximate surface area is 118 Å². The molecule has 0 spiro atoms. The topological polar surface area (TPSA) is 63.2 Å². The minimum absolute atomic E-state index is 0.482. The molecule has 2 rings (SSSR count). The van der Waals surface area contributed by atoms with Crippen LogP contribution in [0.15, 0.2) is 12.5 Å². The normalized spacial score (nSPS) is 21.5. The van der Waals surface area contributed by atoms with Crippen LogP contribution in [0.1, 0.15) is 0 Å². The van der Waals surface area contributed by atoms with E-state index >= 15 is 0 Å². The molecule has 5 nitrogen and oxygen atoms in total. The Kier molecular flexibility index (Phi) is 4.14.